The molecule has 2 aliphatic rings. The zero-order valence-electron chi connectivity index (χ0n) is 26.9. The molecule has 0 radical (unpaired) electrons. The van der Waals surface area contributed by atoms with Crippen LogP contribution in [0.4, 0.5) is 0 Å². The second-order valence-corrected chi connectivity index (χ2v) is 12.8. The van der Waals surface area contributed by atoms with Crippen LogP contribution in [0.3, 0.4) is 0 Å². The predicted octanol–water partition coefficient (Wildman–Crippen LogP) is 0.602. The van der Waals surface area contributed by atoms with Crippen molar-refractivity contribution in [2.75, 3.05) is 13.2 Å². The van der Waals surface area contributed by atoms with Crippen molar-refractivity contribution in [1.82, 2.24) is 0 Å². The van der Waals surface area contributed by atoms with Crippen molar-refractivity contribution in [2.24, 2.45) is 0 Å². The predicted molar refractivity (Wildman–Crippen MR) is 158 cm³/mol. The number of thioether (sulfide) groups is 2. The second-order valence-electron chi connectivity index (χ2n) is 10.3. The lowest BCUT2D eigenvalue weighted by Gasteiger charge is -2.48. The van der Waals surface area contributed by atoms with Gasteiger partial charge in [-0.3, -0.25) is 38.4 Å². The zero-order valence-corrected chi connectivity index (χ0v) is 28.6. The van der Waals surface area contributed by atoms with Gasteiger partial charge in [-0.1, -0.05) is 11.8 Å². The standard InChI is InChI=1S/C28H38O17S2/c1-11(29)37-9-19-21(39-13(3)31)23(41-15(5)33)25(43-17(7)35)27(44-19)47-26-24(42-16(6)34)22(40-14(4)32)20(10-38-12(2)30)45-28(26)46-18(8)36/h19-28H,9-10H2,1-8H3. The van der Waals surface area contributed by atoms with Gasteiger partial charge in [0.05, 0.1) is 5.25 Å². The van der Waals surface area contributed by atoms with Crippen molar-refractivity contribution in [3.05, 3.63) is 0 Å². The number of esters is 7. The van der Waals surface area contributed by atoms with E-state index in [9.17, 15) is 38.4 Å². The summed E-state index contributed by atoms with van der Waals surface area (Å²) in [6, 6.07) is 0. The Bertz CT molecular complexity index is 1210. The van der Waals surface area contributed by atoms with E-state index in [2.05, 4.69) is 0 Å². The Morgan fingerprint density at radius 2 is 0.830 bits per heavy atom. The van der Waals surface area contributed by atoms with Crippen molar-refractivity contribution in [1.29, 1.82) is 0 Å². The molecule has 0 aromatic rings. The Labute approximate surface area is 278 Å². The van der Waals surface area contributed by atoms with Crippen LogP contribution < -0.4 is 0 Å². The van der Waals surface area contributed by atoms with Gasteiger partial charge in [0.25, 0.3) is 0 Å². The summed E-state index contributed by atoms with van der Waals surface area (Å²) in [6.07, 6.45) is -9.74. The SMILES string of the molecule is CC(=O)OCC1OC(SC2C(SC(C)=O)OC(COC(C)=O)C(OC(C)=O)C2OC(C)=O)C(OC(C)=O)C(OC(C)=O)C1OC(C)=O. The summed E-state index contributed by atoms with van der Waals surface area (Å²) in [7, 11) is 0. The lowest BCUT2D eigenvalue weighted by molar-refractivity contribution is -0.238. The number of hydrogen-bond acceptors (Lipinski definition) is 19. The minimum absolute atomic E-state index is 0.444. The van der Waals surface area contributed by atoms with E-state index in [1.165, 1.54) is 6.92 Å². The van der Waals surface area contributed by atoms with E-state index in [4.69, 9.17) is 42.6 Å². The van der Waals surface area contributed by atoms with Gasteiger partial charge in [-0.25, -0.2) is 0 Å². The third kappa shape index (κ3) is 12.6. The molecule has 2 saturated heterocycles. The van der Waals surface area contributed by atoms with E-state index in [-0.39, 0.29) is 0 Å². The van der Waals surface area contributed by atoms with Crippen LogP contribution in [0.25, 0.3) is 0 Å². The first kappa shape index (κ1) is 39.8. The number of rotatable bonds is 12. The van der Waals surface area contributed by atoms with Gasteiger partial charge < -0.3 is 42.6 Å². The zero-order chi connectivity index (χ0) is 35.6. The van der Waals surface area contributed by atoms with Crippen molar-refractivity contribution < 1.29 is 81.0 Å². The molecule has 2 aliphatic heterocycles. The fourth-order valence-corrected chi connectivity index (χ4v) is 7.34. The van der Waals surface area contributed by atoms with Crippen LogP contribution in [0.2, 0.25) is 0 Å². The quantitative estimate of drug-likeness (QED) is 0.200. The summed E-state index contributed by atoms with van der Waals surface area (Å²) in [5.74, 6) is -5.57. The molecule has 2 fully saturated rings. The van der Waals surface area contributed by atoms with Gasteiger partial charge in [-0.2, -0.15) is 0 Å². The molecule has 2 heterocycles. The van der Waals surface area contributed by atoms with Crippen molar-refractivity contribution in [2.45, 2.75) is 114 Å². The maximum absolute atomic E-state index is 12.4. The number of hydrogen-bond donors (Lipinski definition) is 0. The molecule has 19 heteroatoms. The number of ether oxygens (including phenoxy) is 9. The average Bonchev–Trinajstić information content (AvgIpc) is 2.91. The molecule has 0 saturated carbocycles. The van der Waals surface area contributed by atoms with Crippen LogP contribution in [0.5, 0.6) is 0 Å². The first-order valence-corrected chi connectivity index (χ1v) is 16.0. The van der Waals surface area contributed by atoms with Crippen LogP contribution in [0, 0.1) is 0 Å². The van der Waals surface area contributed by atoms with Gasteiger partial charge in [-0.05, 0) is 0 Å². The van der Waals surface area contributed by atoms with Gasteiger partial charge in [0.15, 0.2) is 35.6 Å². The molecular formula is C28H38O17S2. The first-order valence-electron chi connectivity index (χ1n) is 14.2. The molecule has 264 valence electrons. The van der Waals surface area contributed by atoms with Gasteiger partial charge in [0, 0.05) is 55.4 Å². The Morgan fingerprint density at radius 3 is 1.23 bits per heavy atom. The van der Waals surface area contributed by atoms with E-state index in [1.807, 2.05) is 0 Å². The molecule has 17 nitrogen and oxygen atoms in total. The fourth-order valence-electron chi connectivity index (χ4n) is 4.73. The number of carbonyl (C=O) groups is 8. The van der Waals surface area contributed by atoms with Gasteiger partial charge in [0.1, 0.15) is 36.3 Å². The third-order valence-corrected chi connectivity index (χ3v) is 8.79. The van der Waals surface area contributed by atoms with E-state index in [0.717, 1.165) is 60.2 Å². The fraction of sp³-hybridized carbons (Fsp3) is 0.714. The molecule has 10 atom stereocenters. The van der Waals surface area contributed by atoms with Crippen molar-refractivity contribution in [3.8, 4) is 0 Å². The highest BCUT2D eigenvalue weighted by molar-refractivity contribution is 8.14. The monoisotopic (exact) mass is 710 g/mol. The van der Waals surface area contributed by atoms with Crippen LogP contribution in [0.1, 0.15) is 55.4 Å². The molecule has 10 unspecified atom stereocenters. The Morgan fingerprint density at radius 1 is 0.468 bits per heavy atom. The van der Waals surface area contributed by atoms with Crippen LogP contribution >= 0.6 is 23.5 Å². The molecule has 0 spiro atoms. The van der Waals surface area contributed by atoms with Crippen LogP contribution in [-0.2, 0) is 81.0 Å². The molecule has 0 bridgehead atoms. The molecular weight excluding hydrogens is 672 g/mol. The lowest BCUT2D eigenvalue weighted by atomic mass is 9.99. The summed E-state index contributed by atoms with van der Waals surface area (Å²) in [5.41, 5.74) is -2.57. The summed E-state index contributed by atoms with van der Waals surface area (Å²) >= 11 is 1.46. The maximum atomic E-state index is 12.4. The molecule has 0 amide bonds. The first-order chi connectivity index (χ1) is 21.9. The summed E-state index contributed by atoms with van der Waals surface area (Å²) in [5, 5.41) is -1.60. The average molecular weight is 711 g/mol. The summed E-state index contributed by atoms with van der Waals surface area (Å²) in [6.45, 7) is 7.92. The Kier molecular flexibility index (Phi) is 15.4. The van der Waals surface area contributed by atoms with E-state index in [0.29, 0.717) is 11.8 Å². The highest BCUT2D eigenvalue weighted by atomic mass is 32.2. The Hall–Kier alpha value is -3.42. The van der Waals surface area contributed by atoms with Crippen molar-refractivity contribution in [3.63, 3.8) is 0 Å². The summed E-state index contributed by atoms with van der Waals surface area (Å²) in [4.78, 5) is 96.9. The normalized spacial score (nSPS) is 30.1. The van der Waals surface area contributed by atoms with Gasteiger partial charge in [-0.15, -0.1) is 11.8 Å². The molecule has 0 aliphatic carbocycles. The highest BCUT2D eigenvalue weighted by Crippen LogP contribution is 2.44. The third-order valence-electron chi connectivity index (χ3n) is 6.17. The molecule has 0 N–H and O–H groups in total. The van der Waals surface area contributed by atoms with E-state index >= 15 is 0 Å². The van der Waals surface area contributed by atoms with Crippen LogP contribution in [0.15, 0.2) is 0 Å². The second kappa shape index (κ2) is 18.2. The topological polar surface area (TPSA) is 220 Å². The van der Waals surface area contributed by atoms with Gasteiger partial charge >= 0.3 is 41.8 Å². The van der Waals surface area contributed by atoms with Crippen molar-refractivity contribution >= 4 is 70.4 Å². The van der Waals surface area contributed by atoms with E-state index in [1.54, 1.807) is 0 Å². The highest BCUT2D eigenvalue weighted by Gasteiger charge is 2.57. The lowest BCUT2D eigenvalue weighted by Crippen LogP contribution is -2.64. The molecule has 2 rings (SSSR count). The molecule has 47 heavy (non-hydrogen) atoms. The molecule has 0 aromatic carbocycles. The summed E-state index contributed by atoms with van der Waals surface area (Å²) < 4.78 is 50.0. The van der Waals surface area contributed by atoms with Crippen LogP contribution in [-0.4, -0.2) is 119 Å². The number of carbonyl (C=O) groups excluding carboxylic acids is 8. The minimum Gasteiger partial charge on any atom is -0.463 e. The Balaban J connectivity index is 2.72. The molecule has 0 aromatic heterocycles. The van der Waals surface area contributed by atoms with E-state index < -0.39 is 119 Å². The van der Waals surface area contributed by atoms with Gasteiger partial charge in [0.2, 0.25) is 0 Å². The largest absolute Gasteiger partial charge is 0.463 e. The smallest absolute Gasteiger partial charge is 0.303 e. The minimum atomic E-state index is -1.51. The maximum Gasteiger partial charge on any atom is 0.303 e.